The monoisotopic (exact) mass is 352 g/mol. The summed E-state index contributed by atoms with van der Waals surface area (Å²) >= 11 is 1.75. The maximum atomic E-state index is 4.47. The van der Waals surface area contributed by atoms with Crippen LogP contribution < -0.4 is 10.6 Å². The zero-order valence-electron chi connectivity index (χ0n) is 15.7. The van der Waals surface area contributed by atoms with Crippen molar-refractivity contribution < 1.29 is 0 Å². The second-order valence-electron chi connectivity index (χ2n) is 6.76. The van der Waals surface area contributed by atoms with Gasteiger partial charge in [-0.25, -0.2) is 4.98 Å². The third-order valence-electron chi connectivity index (χ3n) is 4.42. The summed E-state index contributed by atoms with van der Waals surface area (Å²) in [4.78, 5) is 15.0. The number of aliphatic imine (C=N–C) groups is 1. The van der Waals surface area contributed by atoms with Gasteiger partial charge < -0.3 is 20.4 Å². The van der Waals surface area contributed by atoms with Crippen molar-refractivity contribution in [3.8, 4) is 0 Å². The first-order valence-corrected chi connectivity index (χ1v) is 9.58. The SMILES string of the molecule is CN=C(NCc1sc(C)nc1C)NCC(C)CN1CCN(C)CC1. The predicted molar refractivity (Wildman–Crippen MR) is 103 cm³/mol. The summed E-state index contributed by atoms with van der Waals surface area (Å²) < 4.78 is 0. The van der Waals surface area contributed by atoms with Crippen LogP contribution >= 0.6 is 11.3 Å². The van der Waals surface area contributed by atoms with E-state index >= 15 is 0 Å². The molecule has 136 valence electrons. The van der Waals surface area contributed by atoms with E-state index in [0.717, 1.165) is 36.3 Å². The van der Waals surface area contributed by atoms with E-state index in [1.54, 1.807) is 11.3 Å². The molecule has 0 bridgehead atoms. The Kier molecular flexibility index (Phi) is 7.45. The van der Waals surface area contributed by atoms with Gasteiger partial charge in [0.15, 0.2) is 5.96 Å². The van der Waals surface area contributed by atoms with Gasteiger partial charge in [-0.1, -0.05) is 6.92 Å². The van der Waals surface area contributed by atoms with Crippen LogP contribution in [0.1, 0.15) is 22.5 Å². The van der Waals surface area contributed by atoms with Crippen LogP contribution in [0.2, 0.25) is 0 Å². The van der Waals surface area contributed by atoms with Crippen molar-refractivity contribution in [2.75, 3.05) is 53.4 Å². The van der Waals surface area contributed by atoms with E-state index in [-0.39, 0.29) is 0 Å². The van der Waals surface area contributed by atoms with Gasteiger partial charge in [-0.15, -0.1) is 11.3 Å². The fraction of sp³-hybridized carbons (Fsp3) is 0.765. The van der Waals surface area contributed by atoms with E-state index in [9.17, 15) is 0 Å². The summed E-state index contributed by atoms with van der Waals surface area (Å²) in [5, 5.41) is 7.96. The van der Waals surface area contributed by atoms with Gasteiger partial charge in [-0.2, -0.15) is 0 Å². The second kappa shape index (κ2) is 9.34. The Morgan fingerprint density at radius 2 is 1.96 bits per heavy atom. The number of aryl methyl sites for hydroxylation is 2. The molecule has 1 aromatic heterocycles. The number of likely N-dealkylation sites (N-methyl/N-ethyl adjacent to an activating group) is 1. The molecule has 0 aromatic carbocycles. The van der Waals surface area contributed by atoms with Gasteiger partial charge in [0, 0.05) is 51.2 Å². The first-order valence-electron chi connectivity index (χ1n) is 8.76. The van der Waals surface area contributed by atoms with Gasteiger partial charge in [0.05, 0.1) is 17.2 Å². The van der Waals surface area contributed by atoms with Gasteiger partial charge >= 0.3 is 0 Å². The van der Waals surface area contributed by atoms with E-state index < -0.39 is 0 Å². The van der Waals surface area contributed by atoms with E-state index in [1.165, 1.54) is 31.1 Å². The number of guanidine groups is 1. The average molecular weight is 353 g/mol. The fourth-order valence-electron chi connectivity index (χ4n) is 2.93. The smallest absolute Gasteiger partial charge is 0.191 e. The van der Waals surface area contributed by atoms with Crippen molar-refractivity contribution in [1.29, 1.82) is 0 Å². The number of hydrogen-bond donors (Lipinski definition) is 2. The minimum absolute atomic E-state index is 0.597. The molecular weight excluding hydrogens is 320 g/mol. The zero-order valence-corrected chi connectivity index (χ0v) is 16.5. The number of nitrogens with one attached hydrogen (secondary N) is 2. The van der Waals surface area contributed by atoms with Crippen LogP contribution in [-0.2, 0) is 6.54 Å². The Balaban J connectivity index is 1.70. The highest BCUT2D eigenvalue weighted by atomic mass is 32.1. The average Bonchev–Trinajstić information content (AvgIpc) is 2.87. The number of rotatable bonds is 6. The molecule has 0 radical (unpaired) electrons. The normalized spacial score (nSPS) is 18.6. The molecule has 1 aliphatic rings. The summed E-state index contributed by atoms with van der Waals surface area (Å²) in [5.74, 6) is 1.46. The van der Waals surface area contributed by atoms with Crippen molar-refractivity contribution in [2.24, 2.45) is 10.9 Å². The van der Waals surface area contributed by atoms with Crippen LogP contribution in [0.5, 0.6) is 0 Å². The quantitative estimate of drug-likeness (QED) is 0.597. The number of piperazine rings is 1. The first kappa shape index (κ1) is 19.1. The number of nitrogens with zero attached hydrogens (tertiary/aromatic N) is 4. The molecule has 1 fully saturated rings. The number of hydrogen-bond acceptors (Lipinski definition) is 5. The Morgan fingerprint density at radius 3 is 2.54 bits per heavy atom. The van der Waals surface area contributed by atoms with E-state index in [2.05, 4.69) is 51.3 Å². The highest BCUT2D eigenvalue weighted by Crippen LogP contribution is 2.16. The molecule has 6 nitrogen and oxygen atoms in total. The molecule has 1 aliphatic heterocycles. The van der Waals surface area contributed by atoms with Gasteiger partial charge in [-0.05, 0) is 26.8 Å². The van der Waals surface area contributed by atoms with Crippen LogP contribution in [-0.4, -0.2) is 74.1 Å². The van der Waals surface area contributed by atoms with Crippen molar-refractivity contribution in [1.82, 2.24) is 25.4 Å². The van der Waals surface area contributed by atoms with E-state index in [4.69, 9.17) is 0 Å². The lowest BCUT2D eigenvalue weighted by Gasteiger charge is -2.34. The molecule has 1 saturated heterocycles. The summed E-state index contributed by atoms with van der Waals surface area (Å²) in [6.45, 7) is 14.0. The molecule has 1 aromatic rings. The zero-order chi connectivity index (χ0) is 17.5. The van der Waals surface area contributed by atoms with Crippen molar-refractivity contribution in [3.63, 3.8) is 0 Å². The summed E-state index contributed by atoms with van der Waals surface area (Å²) in [6, 6.07) is 0. The standard InChI is InChI=1S/C17H32N6S/c1-13(12-23-8-6-22(5)7-9-23)10-19-17(18-4)20-11-16-14(2)21-15(3)24-16/h13H,6-12H2,1-5H3,(H2,18,19,20). The lowest BCUT2D eigenvalue weighted by atomic mass is 10.1. The maximum Gasteiger partial charge on any atom is 0.191 e. The molecule has 24 heavy (non-hydrogen) atoms. The molecule has 0 aliphatic carbocycles. The highest BCUT2D eigenvalue weighted by molar-refractivity contribution is 7.11. The van der Waals surface area contributed by atoms with Gasteiger partial charge in [-0.3, -0.25) is 4.99 Å². The van der Waals surface area contributed by atoms with Crippen molar-refractivity contribution >= 4 is 17.3 Å². The summed E-state index contributed by atoms with van der Waals surface area (Å²) in [6.07, 6.45) is 0. The maximum absolute atomic E-state index is 4.47. The first-order chi connectivity index (χ1) is 11.5. The van der Waals surface area contributed by atoms with Crippen LogP contribution in [0.4, 0.5) is 0 Å². The van der Waals surface area contributed by atoms with Crippen LogP contribution in [0.25, 0.3) is 0 Å². The Labute approximate surface area is 150 Å². The van der Waals surface area contributed by atoms with Gasteiger partial charge in [0.1, 0.15) is 0 Å². The van der Waals surface area contributed by atoms with Gasteiger partial charge in [0.2, 0.25) is 0 Å². The third-order valence-corrected chi connectivity index (χ3v) is 5.50. The molecule has 0 saturated carbocycles. The largest absolute Gasteiger partial charge is 0.356 e. The van der Waals surface area contributed by atoms with Crippen molar-refractivity contribution in [3.05, 3.63) is 15.6 Å². The van der Waals surface area contributed by atoms with Gasteiger partial charge in [0.25, 0.3) is 0 Å². The molecule has 2 heterocycles. The minimum Gasteiger partial charge on any atom is -0.356 e. The molecule has 2 rings (SSSR count). The highest BCUT2D eigenvalue weighted by Gasteiger charge is 2.16. The van der Waals surface area contributed by atoms with Crippen molar-refractivity contribution in [2.45, 2.75) is 27.3 Å². The lowest BCUT2D eigenvalue weighted by Crippen LogP contribution is -2.47. The Morgan fingerprint density at radius 1 is 1.25 bits per heavy atom. The Hall–Kier alpha value is -1.18. The number of thiazole rings is 1. The molecule has 1 unspecified atom stereocenters. The van der Waals surface area contributed by atoms with E-state index in [0.29, 0.717) is 5.92 Å². The minimum atomic E-state index is 0.597. The van der Waals surface area contributed by atoms with E-state index in [1.807, 2.05) is 14.0 Å². The van der Waals surface area contributed by atoms with Crippen LogP contribution in [0.15, 0.2) is 4.99 Å². The molecule has 1 atom stereocenters. The molecular formula is C17H32N6S. The molecule has 7 heteroatoms. The lowest BCUT2D eigenvalue weighted by molar-refractivity contribution is 0.139. The summed E-state index contributed by atoms with van der Waals surface area (Å²) in [5.41, 5.74) is 1.11. The second-order valence-corrected chi connectivity index (χ2v) is 8.04. The predicted octanol–water partition coefficient (Wildman–Crippen LogP) is 1.31. The van der Waals surface area contributed by atoms with Crippen LogP contribution in [0, 0.1) is 19.8 Å². The fourth-order valence-corrected chi connectivity index (χ4v) is 3.81. The Bertz CT molecular complexity index is 533. The summed E-state index contributed by atoms with van der Waals surface area (Å²) in [7, 11) is 4.02. The molecule has 0 amide bonds. The molecule has 0 spiro atoms. The molecule has 2 N–H and O–H groups in total. The van der Waals surface area contributed by atoms with Crippen LogP contribution in [0.3, 0.4) is 0 Å². The number of aromatic nitrogens is 1. The third kappa shape index (κ3) is 6.03. The topological polar surface area (TPSA) is 55.8 Å².